The number of nitrogens with one attached hydrogen (secondary N) is 1. The van der Waals surface area contributed by atoms with Crippen LogP contribution in [0.3, 0.4) is 0 Å². The first kappa shape index (κ1) is 23.8. The van der Waals surface area contributed by atoms with Crippen LogP contribution in [0, 0.1) is 0 Å². The summed E-state index contributed by atoms with van der Waals surface area (Å²) in [6, 6.07) is 17.8. The summed E-state index contributed by atoms with van der Waals surface area (Å²) in [5, 5.41) is 16.9. The summed E-state index contributed by atoms with van der Waals surface area (Å²) in [7, 11) is 0. The minimum Gasteiger partial charge on any atom is -0.492 e. The van der Waals surface area contributed by atoms with Crippen molar-refractivity contribution >= 4 is 22.8 Å². The van der Waals surface area contributed by atoms with Crippen LogP contribution in [-0.4, -0.2) is 33.4 Å². The summed E-state index contributed by atoms with van der Waals surface area (Å²) in [6.45, 7) is 0.284. The summed E-state index contributed by atoms with van der Waals surface area (Å²) in [5.41, 5.74) is 0.922. The van der Waals surface area contributed by atoms with Gasteiger partial charge in [-0.2, -0.15) is 18.3 Å². The van der Waals surface area contributed by atoms with Crippen molar-refractivity contribution in [3.05, 3.63) is 95.2 Å². The zero-order chi connectivity index (χ0) is 25.0. The minimum absolute atomic E-state index is 0.00771. The Morgan fingerprint density at radius 2 is 1.74 bits per heavy atom. The first-order chi connectivity index (χ1) is 16.7. The number of alkyl halides is 3. The number of halogens is 3. The Balaban J connectivity index is 1.48. The van der Waals surface area contributed by atoms with Crippen LogP contribution in [0.4, 0.5) is 13.2 Å². The average Bonchev–Trinajstić information content (AvgIpc) is 3.21. The standard InChI is InChI=1S/C25H20F3N3O4/c26-25(27,28)18-4-3-5-19(14-18)35-13-12-31-22(20-6-1-2-7-21(20)30-31)23(32)29-15-16-8-10-17(11-9-16)24(33)34/h1-11,14H,12-13,15H2,(H,29,32)(H,33,34). The number of hydrogen-bond donors (Lipinski definition) is 2. The van der Waals surface area contributed by atoms with Gasteiger partial charge < -0.3 is 15.2 Å². The van der Waals surface area contributed by atoms with Crippen molar-refractivity contribution in [2.45, 2.75) is 19.3 Å². The molecular weight excluding hydrogens is 463 g/mol. The van der Waals surface area contributed by atoms with E-state index in [1.165, 1.54) is 28.9 Å². The molecule has 7 nitrogen and oxygen atoms in total. The lowest BCUT2D eigenvalue weighted by atomic mass is 10.1. The maximum absolute atomic E-state index is 13.0. The molecule has 0 aliphatic carbocycles. The van der Waals surface area contributed by atoms with Crippen LogP contribution in [-0.2, 0) is 19.3 Å². The molecule has 4 rings (SSSR count). The van der Waals surface area contributed by atoms with Gasteiger partial charge in [0.2, 0.25) is 0 Å². The predicted molar refractivity (Wildman–Crippen MR) is 121 cm³/mol. The largest absolute Gasteiger partial charge is 0.492 e. The molecule has 1 aromatic heterocycles. The number of aromatic carboxylic acids is 1. The zero-order valence-electron chi connectivity index (χ0n) is 18.2. The second kappa shape index (κ2) is 9.88. The van der Waals surface area contributed by atoms with Gasteiger partial charge >= 0.3 is 12.1 Å². The average molecular weight is 483 g/mol. The monoisotopic (exact) mass is 483 g/mol. The summed E-state index contributed by atoms with van der Waals surface area (Å²) < 4.78 is 45.7. The number of rotatable bonds is 8. The summed E-state index contributed by atoms with van der Waals surface area (Å²) in [4.78, 5) is 24.0. The lowest BCUT2D eigenvalue weighted by molar-refractivity contribution is -0.137. The number of carboxylic acid groups (broad SMARTS) is 1. The zero-order valence-corrected chi connectivity index (χ0v) is 18.2. The van der Waals surface area contributed by atoms with Crippen LogP contribution in [0.2, 0.25) is 0 Å². The predicted octanol–water partition coefficient (Wildman–Crippen LogP) is 4.76. The van der Waals surface area contributed by atoms with Gasteiger partial charge in [0.15, 0.2) is 0 Å². The molecule has 0 unspecified atom stereocenters. The van der Waals surface area contributed by atoms with Crippen molar-refractivity contribution in [1.29, 1.82) is 0 Å². The molecule has 0 fully saturated rings. The van der Waals surface area contributed by atoms with Crippen LogP contribution in [0.15, 0.2) is 72.8 Å². The van der Waals surface area contributed by atoms with E-state index < -0.39 is 23.6 Å². The van der Waals surface area contributed by atoms with E-state index >= 15 is 0 Å². The number of hydrogen-bond acceptors (Lipinski definition) is 4. The first-order valence-electron chi connectivity index (χ1n) is 10.6. The van der Waals surface area contributed by atoms with Gasteiger partial charge in [-0.05, 0) is 42.0 Å². The number of fused-ring (bicyclic) bond motifs is 1. The maximum atomic E-state index is 13.0. The topological polar surface area (TPSA) is 93.5 Å². The number of nitrogens with zero attached hydrogens (tertiary/aromatic N) is 2. The van der Waals surface area contributed by atoms with Gasteiger partial charge in [0.25, 0.3) is 5.91 Å². The SMILES string of the molecule is O=C(O)c1ccc(CNC(=O)c2c3ccccc3nn2CCOc2cccc(C(F)(F)F)c2)cc1. The molecule has 0 aliphatic rings. The molecule has 2 N–H and O–H groups in total. The van der Waals surface area contributed by atoms with E-state index in [0.717, 1.165) is 12.1 Å². The summed E-state index contributed by atoms with van der Waals surface area (Å²) in [5.74, 6) is -1.38. The Hall–Kier alpha value is -4.34. The van der Waals surface area contributed by atoms with E-state index in [1.54, 1.807) is 36.4 Å². The third kappa shape index (κ3) is 5.60. The fraction of sp³-hybridized carbons (Fsp3) is 0.160. The van der Waals surface area contributed by atoms with Crippen molar-refractivity contribution in [3.8, 4) is 5.75 Å². The van der Waals surface area contributed by atoms with Crippen LogP contribution in [0.5, 0.6) is 5.75 Å². The summed E-state index contributed by atoms with van der Waals surface area (Å²) in [6.07, 6.45) is -4.47. The molecule has 180 valence electrons. The highest BCUT2D eigenvalue weighted by molar-refractivity contribution is 6.05. The van der Waals surface area contributed by atoms with Crippen molar-refractivity contribution in [2.75, 3.05) is 6.61 Å². The third-order valence-corrected chi connectivity index (χ3v) is 5.25. The molecule has 0 bridgehead atoms. The van der Waals surface area contributed by atoms with Crippen LogP contribution in [0.1, 0.15) is 32.0 Å². The number of amides is 1. The Kier molecular flexibility index (Phi) is 6.72. The molecule has 1 amide bonds. The molecule has 1 heterocycles. The molecule has 0 atom stereocenters. The highest BCUT2D eigenvalue weighted by Gasteiger charge is 2.30. The third-order valence-electron chi connectivity index (χ3n) is 5.25. The Labute approximate surface area is 197 Å². The van der Waals surface area contributed by atoms with Crippen LogP contribution >= 0.6 is 0 Å². The van der Waals surface area contributed by atoms with Gasteiger partial charge in [-0.15, -0.1) is 0 Å². The highest BCUT2D eigenvalue weighted by Crippen LogP contribution is 2.31. The van der Waals surface area contributed by atoms with Gasteiger partial charge in [0.05, 0.1) is 23.2 Å². The molecule has 0 spiro atoms. The smallest absolute Gasteiger partial charge is 0.416 e. The molecule has 10 heteroatoms. The van der Waals surface area contributed by atoms with Crippen molar-refractivity contribution in [1.82, 2.24) is 15.1 Å². The molecule has 4 aromatic rings. The molecule has 0 saturated heterocycles. The maximum Gasteiger partial charge on any atom is 0.416 e. The minimum atomic E-state index is -4.47. The fourth-order valence-corrected chi connectivity index (χ4v) is 3.52. The number of carboxylic acids is 1. The number of carbonyl (C=O) groups excluding carboxylic acids is 1. The lowest BCUT2D eigenvalue weighted by Crippen LogP contribution is -2.27. The van der Waals surface area contributed by atoms with Gasteiger partial charge in [-0.25, -0.2) is 4.79 Å². The van der Waals surface area contributed by atoms with Crippen LogP contribution in [0.25, 0.3) is 10.9 Å². The van der Waals surface area contributed by atoms with Gasteiger partial charge in [0, 0.05) is 11.9 Å². The number of carbonyl (C=O) groups is 2. The molecule has 0 radical (unpaired) electrons. The molecule has 0 saturated carbocycles. The van der Waals surface area contributed by atoms with Crippen molar-refractivity contribution in [2.24, 2.45) is 0 Å². The Morgan fingerprint density at radius 1 is 1.00 bits per heavy atom. The second-order valence-corrected chi connectivity index (χ2v) is 7.65. The number of benzene rings is 3. The summed E-state index contributed by atoms with van der Waals surface area (Å²) >= 11 is 0. The highest BCUT2D eigenvalue weighted by atomic mass is 19.4. The molecule has 35 heavy (non-hydrogen) atoms. The fourth-order valence-electron chi connectivity index (χ4n) is 3.52. The van der Waals surface area contributed by atoms with Gasteiger partial charge in [-0.1, -0.05) is 36.4 Å². The van der Waals surface area contributed by atoms with E-state index in [1.807, 2.05) is 0 Å². The van der Waals surface area contributed by atoms with E-state index in [4.69, 9.17) is 9.84 Å². The van der Waals surface area contributed by atoms with Crippen LogP contribution < -0.4 is 10.1 Å². The molecule has 0 aliphatic heterocycles. The van der Waals surface area contributed by atoms with Gasteiger partial charge in [-0.3, -0.25) is 9.48 Å². The molecular formula is C25H20F3N3O4. The Morgan fingerprint density at radius 3 is 2.46 bits per heavy atom. The Bertz CT molecular complexity index is 1360. The molecule has 3 aromatic carbocycles. The second-order valence-electron chi connectivity index (χ2n) is 7.65. The lowest BCUT2D eigenvalue weighted by Gasteiger charge is -2.12. The van der Waals surface area contributed by atoms with Gasteiger partial charge in [0.1, 0.15) is 18.1 Å². The number of ether oxygens (including phenoxy) is 1. The van der Waals surface area contributed by atoms with E-state index in [9.17, 15) is 22.8 Å². The van der Waals surface area contributed by atoms with Crippen molar-refractivity contribution < 1.29 is 32.6 Å². The first-order valence-corrected chi connectivity index (χ1v) is 10.6. The van der Waals surface area contributed by atoms with E-state index in [0.29, 0.717) is 16.5 Å². The number of aromatic nitrogens is 2. The normalized spacial score (nSPS) is 11.4. The van der Waals surface area contributed by atoms with Crippen molar-refractivity contribution in [3.63, 3.8) is 0 Å². The quantitative estimate of drug-likeness (QED) is 0.377. The van der Waals surface area contributed by atoms with E-state index in [-0.39, 0.29) is 36.7 Å². The van der Waals surface area contributed by atoms with E-state index in [2.05, 4.69) is 10.4 Å².